The maximum absolute atomic E-state index is 5.71. The molecule has 3 nitrogen and oxygen atoms in total. The van der Waals surface area contributed by atoms with E-state index in [0.29, 0.717) is 19.8 Å². The lowest BCUT2D eigenvalue weighted by atomic mass is 10.2. The first-order valence-electron chi connectivity index (χ1n) is 6.92. The van der Waals surface area contributed by atoms with Gasteiger partial charge in [0.25, 0.3) is 0 Å². The molecule has 0 amide bonds. The van der Waals surface area contributed by atoms with Gasteiger partial charge in [-0.2, -0.15) is 0 Å². The van der Waals surface area contributed by atoms with Crippen LogP contribution < -0.4 is 14.8 Å². The maximum atomic E-state index is 5.71. The maximum Gasteiger partial charge on any atom is 0.120 e. The van der Waals surface area contributed by atoms with E-state index in [1.807, 2.05) is 54.6 Å². The second-order valence-electron chi connectivity index (χ2n) is 4.48. The van der Waals surface area contributed by atoms with Crippen molar-refractivity contribution < 1.29 is 9.47 Å². The molecule has 0 bridgehead atoms. The van der Waals surface area contributed by atoms with Gasteiger partial charge in [-0.15, -0.1) is 6.42 Å². The van der Waals surface area contributed by atoms with E-state index in [4.69, 9.17) is 15.9 Å². The second-order valence-corrected chi connectivity index (χ2v) is 4.48. The van der Waals surface area contributed by atoms with E-state index in [-0.39, 0.29) is 0 Å². The molecule has 0 aliphatic carbocycles. The quantitative estimate of drug-likeness (QED) is 0.596. The Morgan fingerprint density at radius 1 is 0.905 bits per heavy atom. The molecule has 0 atom stereocenters. The van der Waals surface area contributed by atoms with Gasteiger partial charge >= 0.3 is 0 Å². The van der Waals surface area contributed by atoms with Crippen LogP contribution in [0.4, 0.5) is 0 Å². The van der Waals surface area contributed by atoms with E-state index in [0.717, 1.165) is 23.6 Å². The molecular formula is C18H19NO2. The molecular weight excluding hydrogens is 262 g/mol. The fourth-order valence-corrected chi connectivity index (χ4v) is 1.77. The van der Waals surface area contributed by atoms with Crippen LogP contribution in [-0.4, -0.2) is 19.7 Å². The van der Waals surface area contributed by atoms with Crippen molar-refractivity contribution in [2.75, 3.05) is 19.7 Å². The highest BCUT2D eigenvalue weighted by molar-refractivity contribution is 5.31. The lowest BCUT2D eigenvalue weighted by Crippen LogP contribution is -2.21. The second kappa shape index (κ2) is 8.68. The van der Waals surface area contributed by atoms with Crippen molar-refractivity contribution >= 4 is 0 Å². The summed E-state index contributed by atoms with van der Waals surface area (Å²) in [6, 6.07) is 17.7. The Kier molecular flexibility index (Phi) is 6.18. The van der Waals surface area contributed by atoms with Crippen LogP contribution in [0.2, 0.25) is 0 Å². The topological polar surface area (TPSA) is 30.5 Å². The highest BCUT2D eigenvalue weighted by atomic mass is 16.5. The third-order valence-electron chi connectivity index (χ3n) is 2.85. The van der Waals surface area contributed by atoms with Crippen molar-refractivity contribution in [3.63, 3.8) is 0 Å². The summed E-state index contributed by atoms with van der Waals surface area (Å²) in [7, 11) is 0. The molecule has 0 aromatic heterocycles. The Hall–Kier alpha value is -2.44. The van der Waals surface area contributed by atoms with Crippen molar-refractivity contribution in [1.82, 2.24) is 5.32 Å². The van der Waals surface area contributed by atoms with E-state index in [9.17, 15) is 0 Å². The molecule has 2 rings (SSSR count). The predicted molar refractivity (Wildman–Crippen MR) is 84.4 cm³/mol. The van der Waals surface area contributed by atoms with Crippen molar-refractivity contribution in [2.24, 2.45) is 0 Å². The SMILES string of the molecule is C#CCNCCOc1ccc(OCc2ccccc2)cc1. The molecule has 1 N–H and O–H groups in total. The Labute approximate surface area is 125 Å². The van der Waals surface area contributed by atoms with E-state index in [2.05, 4.69) is 11.2 Å². The van der Waals surface area contributed by atoms with Gasteiger partial charge in [-0.25, -0.2) is 0 Å². The summed E-state index contributed by atoms with van der Waals surface area (Å²) >= 11 is 0. The zero-order valence-corrected chi connectivity index (χ0v) is 11.9. The molecule has 0 saturated carbocycles. The van der Waals surface area contributed by atoms with E-state index >= 15 is 0 Å². The summed E-state index contributed by atoms with van der Waals surface area (Å²) in [6.07, 6.45) is 5.14. The van der Waals surface area contributed by atoms with Crippen LogP contribution in [0, 0.1) is 12.3 Å². The highest BCUT2D eigenvalue weighted by Gasteiger charge is 1.97. The van der Waals surface area contributed by atoms with Crippen molar-refractivity contribution in [2.45, 2.75) is 6.61 Å². The minimum absolute atomic E-state index is 0.565. The molecule has 2 aromatic carbocycles. The first-order valence-corrected chi connectivity index (χ1v) is 6.92. The monoisotopic (exact) mass is 281 g/mol. The largest absolute Gasteiger partial charge is 0.492 e. The molecule has 3 heteroatoms. The molecule has 0 saturated heterocycles. The lowest BCUT2D eigenvalue weighted by molar-refractivity contribution is 0.301. The molecule has 108 valence electrons. The van der Waals surface area contributed by atoms with Gasteiger partial charge in [0.2, 0.25) is 0 Å². The van der Waals surface area contributed by atoms with Crippen molar-refractivity contribution in [3.8, 4) is 23.8 Å². The molecule has 0 radical (unpaired) electrons. The van der Waals surface area contributed by atoms with Crippen molar-refractivity contribution in [1.29, 1.82) is 0 Å². The highest BCUT2D eigenvalue weighted by Crippen LogP contribution is 2.18. The first kappa shape index (κ1) is 15.0. The van der Waals surface area contributed by atoms with Gasteiger partial charge in [-0.1, -0.05) is 36.3 Å². The average Bonchev–Trinajstić information content (AvgIpc) is 2.55. The number of terminal acetylenes is 1. The van der Waals surface area contributed by atoms with E-state index in [1.165, 1.54) is 0 Å². The smallest absolute Gasteiger partial charge is 0.120 e. The van der Waals surface area contributed by atoms with Gasteiger partial charge in [0.1, 0.15) is 24.7 Å². The van der Waals surface area contributed by atoms with Gasteiger partial charge in [0.05, 0.1) is 6.54 Å². The number of nitrogens with one attached hydrogen (secondary N) is 1. The molecule has 0 aliphatic heterocycles. The first-order chi connectivity index (χ1) is 10.4. The van der Waals surface area contributed by atoms with Gasteiger partial charge < -0.3 is 14.8 Å². The molecule has 0 spiro atoms. The van der Waals surface area contributed by atoms with Gasteiger partial charge in [0.15, 0.2) is 0 Å². The van der Waals surface area contributed by atoms with E-state index in [1.54, 1.807) is 0 Å². The zero-order chi connectivity index (χ0) is 14.8. The predicted octanol–water partition coefficient (Wildman–Crippen LogP) is 2.87. The summed E-state index contributed by atoms with van der Waals surface area (Å²) in [5.74, 6) is 4.17. The summed E-state index contributed by atoms with van der Waals surface area (Å²) in [5, 5.41) is 3.07. The minimum atomic E-state index is 0.565. The minimum Gasteiger partial charge on any atom is -0.492 e. The van der Waals surface area contributed by atoms with E-state index < -0.39 is 0 Å². The zero-order valence-electron chi connectivity index (χ0n) is 11.9. The molecule has 21 heavy (non-hydrogen) atoms. The Morgan fingerprint density at radius 2 is 1.57 bits per heavy atom. The summed E-state index contributed by atoms with van der Waals surface area (Å²) < 4.78 is 11.3. The molecule has 0 unspecified atom stereocenters. The number of benzene rings is 2. The van der Waals surface area contributed by atoms with Gasteiger partial charge in [-0.05, 0) is 29.8 Å². The van der Waals surface area contributed by atoms with Crippen LogP contribution in [0.3, 0.4) is 0 Å². The molecule has 0 aliphatic rings. The number of ether oxygens (including phenoxy) is 2. The van der Waals surface area contributed by atoms with Crippen LogP contribution in [0.1, 0.15) is 5.56 Å². The number of rotatable bonds is 8. The number of hydrogen-bond acceptors (Lipinski definition) is 3. The summed E-state index contributed by atoms with van der Waals surface area (Å²) in [5.41, 5.74) is 1.15. The third kappa shape index (κ3) is 5.60. The number of hydrogen-bond donors (Lipinski definition) is 1. The molecule has 2 aromatic rings. The fraction of sp³-hybridized carbons (Fsp3) is 0.222. The molecule has 0 fully saturated rings. The lowest BCUT2D eigenvalue weighted by Gasteiger charge is -2.09. The van der Waals surface area contributed by atoms with Crippen LogP contribution in [0.25, 0.3) is 0 Å². The Balaban J connectivity index is 1.73. The average molecular weight is 281 g/mol. The Morgan fingerprint density at radius 3 is 2.24 bits per heavy atom. The Bertz CT molecular complexity index is 558. The van der Waals surface area contributed by atoms with Crippen LogP contribution in [0.15, 0.2) is 54.6 Å². The van der Waals surface area contributed by atoms with Crippen LogP contribution in [-0.2, 0) is 6.61 Å². The van der Waals surface area contributed by atoms with Gasteiger partial charge in [-0.3, -0.25) is 0 Å². The standard InChI is InChI=1S/C18H19NO2/c1-2-12-19-13-14-20-17-8-10-18(11-9-17)21-15-16-6-4-3-5-7-16/h1,3-11,19H,12-15H2. The third-order valence-corrected chi connectivity index (χ3v) is 2.85. The van der Waals surface area contributed by atoms with Crippen molar-refractivity contribution in [3.05, 3.63) is 60.2 Å². The molecule has 0 heterocycles. The summed E-state index contributed by atoms with van der Waals surface area (Å²) in [6.45, 7) is 2.45. The fourth-order valence-electron chi connectivity index (χ4n) is 1.77. The van der Waals surface area contributed by atoms with Gasteiger partial charge in [0, 0.05) is 6.54 Å². The van der Waals surface area contributed by atoms with Crippen LogP contribution >= 0.6 is 0 Å². The normalized spacial score (nSPS) is 9.86. The van der Waals surface area contributed by atoms with Crippen LogP contribution in [0.5, 0.6) is 11.5 Å². The summed E-state index contributed by atoms with van der Waals surface area (Å²) in [4.78, 5) is 0.